The van der Waals surface area contributed by atoms with Crippen molar-refractivity contribution < 1.29 is 4.79 Å². The number of imidazole rings is 1. The molecule has 144 valence electrons. The first-order chi connectivity index (χ1) is 12.2. The molecule has 0 aromatic carbocycles. The van der Waals surface area contributed by atoms with Crippen molar-refractivity contribution in [1.29, 1.82) is 0 Å². The van der Waals surface area contributed by atoms with Crippen LogP contribution in [0.2, 0.25) is 0 Å². The second-order valence-electron chi connectivity index (χ2n) is 6.85. The molecule has 0 fully saturated rings. The van der Waals surface area contributed by atoms with Crippen LogP contribution in [-0.2, 0) is 11.8 Å². The predicted octanol–water partition coefficient (Wildman–Crippen LogP) is 5.33. The number of aromatic nitrogens is 2. The van der Waals surface area contributed by atoms with Crippen molar-refractivity contribution in [1.82, 2.24) is 14.9 Å². The average molecular weight is 368 g/mol. The SMILES string of the molecule is CCCCCCCCCCCCCCNC(=O)CSc1nccn1C. The average Bonchev–Trinajstić information content (AvgIpc) is 3.02. The van der Waals surface area contributed by atoms with E-state index in [0.717, 1.165) is 18.1 Å². The lowest BCUT2D eigenvalue weighted by Crippen LogP contribution is -2.26. The summed E-state index contributed by atoms with van der Waals surface area (Å²) in [5, 5.41) is 3.89. The van der Waals surface area contributed by atoms with Crippen LogP contribution < -0.4 is 5.32 Å². The first-order valence-electron chi connectivity index (χ1n) is 10.1. The van der Waals surface area contributed by atoms with Crippen LogP contribution in [0, 0.1) is 0 Å². The van der Waals surface area contributed by atoms with Gasteiger partial charge in [0.2, 0.25) is 5.91 Å². The summed E-state index contributed by atoms with van der Waals surface area (Å²) in [5.74, 6) is 0.555. The summed E-state index contributed by atoms with van der Waals surface area (Å²) in [4.78, 5) is 16.0. The summed E-state index contributed by atoms with van der Waals surface area (Å²) in [6.45, 7) is 3.07. The number of carbonyl (C=O) groups is 1. The third-order valence-corrected chi connectivity index (χ3v) is 5.52. The van der Waals surface area contributed by atoms with E-state index in [0.29, 0.717) is 5.75 Å². The Morgan fingerprint density at radius 3 is 2.08 bits per heavy atom. The van der Waals surface area contributed by atoms with Crippen LogP contribution in [0.15, 0.2) is 17.6 Å². The Morgan fingerprint density at radius 2 is 1.56 bits per heavy atom. The Kier molecular flexibility index (Phi) is 13.5. The van der Waals surface area contributed by atoms with Gasteiger partial charge in [-0.2, -0.15) is 0 Å². The lowest BCUT2D eigenvalue weighted by Gasteiger charge is -2.05. The van der Waals surface area contributed by atoms with Gasteiger partial charge in [-0.15, -0.1) is 0 Å². The molecule has 1 amide bonds. The number of rotatable bonds is 16. The van der Waals surface area contributed by atoms with Crippen molar-refractivity contribution in [3.63, 3.8) is 0 Å². The Hall–Kier alpha value is -0.970. The van der Waals surface area contributed by atoms with E-state index < -0.39 is 0 Å². The Bertz CT molecular complexity index is 448. The highest BCUT2D eigenvalue weighted by Gasteiger charge is 2.05. The molecule has 1 heterocycles. The molecule has 4 nitrogen and oxygen atoms in total. The van der Waals surface area contributed by atoms with E-state index in [1.807, 2.05) is 17.8 Å². The van der Waals surface area contributed by atoms with Gasteiger partial charge in [0.05, 0.1) is 5.75 Å². The minimum atomic E-state index is 0.107. The topological polar surface area (TPSA) is 46.9 Å². The number of nitrogens with one attached hydrogen (secondary N) is 1. The van der Waals surface area contributed by atoms with E-state index in [-0.39, 0.29) is 5.91 Å². The fourth-order valence-corrected chi connectivity index (χ4v) is 3.63. The van der Waals surface area contributed by atoms with Crippen LogP contribution in [0.5, 0.6) is 0 Å². The third-order valence-electron chi connectivity index (χ3n) is 4.46. The van der Waals surface area contributed by atoms with Crippen molar-refractivity contribution in [3.8, 4) is 0 Å². The smallest absolute Gasteiger partial charge is 0.230 e. The normalized spacial score (nSPS) is 11.0. The van der Waals surface area contributed by atoms with Crippen LogP contribution in [0.25, 0.3) is 0 Å². The molecule has 0 aliphatic heterocycles. The molecule has 0 unspecified atom stereocenters. The van der Waals surface area contributed by atoms with Gasteiger partial charge in [-0.25, -0.2) is 4.98 Å². The van der Waals surface area contributed by atoms with Gasteiger partial charge < -0.3 is 9.88 Å². The molecule has 0 saturated heterocycles. The first-order valence-corrected chi connectivity index (χ1v) is 11.1. The van der Waals surface area contributed by atoms with Gasteiger partial charge >= 0.3 is 0 Å². The van der Waals surface area contributed by atoms with E-state index in [1.54, 1.807) is 6.20 Å². The Morgan fingerprint density at radius 1 is 1.00 bits per heavy atom. The largest absolute Gasteiger partial charge is 0.355 e. The molecule has 25 heavy (non-hydrogen) atoms. The maximum absolute atomic E-state index is 11.8. The highest BCUT2D eigenvalue weighted by atomic mass is 32.2. The standard InChI is InChI=1S/C20H37N3OS/c1-3-4-5-6-7-8-9-10-11-12-13-14-15-21-19(24)18-25-20-22-16-17-23(20)2/h16-17H,3-15,18H2,1-2H3,(H,21,24). The van der Waals surface area contributed by atoms with Crippen molar-refractivity contribution in [2.45, 2.75) is 89.1 Å². The maximum Gasteiger partial charge on any atom is 0.230 e. The summed E-state index contributed by atoms with van der Waals surface area (Å²) in [6.07, 6.45) is 19.8. The number of aryl methyl sites for hydroxylation is 1. The predicted molar refractivity (Wildman–Crippen MR) is 108 cm³/mol. The quantitative estimate of drug-likeness (QED) is 0.317. The summed E-state index contributed by atoms with van der Waals surface area (Å²) >= 11 is 1.49. The molecule has 1 aromatic heterocycles. The fourth-order valence-electron chi connectivity index (χ4n) is 2.87. The molecule has 1 N–H and O–H groups in total. The highest BCUT2D eigenvalue weighted by molar-refractivity contribution is 7.99. The van der Waals surface area contributed by atoms with E-state index in [2.05, 4.69) is 17.2 Å². The minimum absolute atomic E-state index is 0.107. The van der Waals surface area contributed by atoms with Gasteiger partial charge in [0.15, 0.2) is 5.16 Å². The Labute approximate surface area is 158 Å². The second kappa shape index (κ2) is 15.3. The molecule has 0 aliphatic rings. The molecule has 0 radical (unpaired) electrons. The lowest BCUT2D eigenvalue weighted by molar-refractivity contribution is -0.118. The Balaban J connectivity index is 1.81. The van der Waals surface area contributed by atoms with Crippen LogP contribution in [-0.4, -0.2) is 27.8 Å². The number of carbonyl (C=O) groups excluding carboxylic acids is 1. The van der Waals surface area contributed by atoms with Gasteiger partial charge in [-0.3, -0.25) is 4.79 Å². The number of unbranched alkanes of at least 4 members (excludes halogenated alkanes) is 11. The molecule has 1 rings (SSSR count). The van der Waals surface area contributed by atoms with E-state index in [1.165, 1.54) is 82.4 Å². The zero-order valence-electron chi connectivity index (χ0n) is 16.3. The number of hydrogen-bond donors (Lipinski definition) is 1. The van der Waals surface area contributed by atoms with E-state index >= 15 is 0 Å². The van der Waals surface area contributed by atoms with Gasteiger partial charge in [0.25, 0.3) is 0 Å². The monoisotopic (exact) mass is 367 g/mol. The molecule has 5 heteroatoms. The summed E-state index contributed by atoms with van der Waals surface area (Å²) < 4.78 is 1.93. The van der Waals surface area contributed by atoms with Gasteiger partial charge in [-0.05, 0) is 6.42 Å². The fraction of sp³-hybridized carbons (Fsp3) is 0.800. The molecule has 0 bridgehead atoms. The van der Waals surface area contributed by atoms with Crippen LogP contribution >= 0.6 is 11.8 Å². The zero-order chi connectivity index (χ0) is 18.2. The molecular weight excluding hydrogens is 330 g/mol. The molecule has 0 aliphatic carbocycles. The molecule has 1 aromatic rings. The number of nitrogens with zero attached hydrogens (tertiary/aromatic N) is 2. The number of amides is 1. The van der Waals surface area contributed by atoms with Crippen molar-refractivity contribution in [2.75, 3.05) is 12.3 Å². The third kappa shape index (κ3) is 12.1. The summed E-state index contributed by atoms with van der Waals surface area (Å²) in [7, 11) is 1.94. The van der Waals surface area contributed by atoms with Gasteiger partial charge in [0.1, 0.15) is 0 Å². The maximum atomic E-state index is 11.8. The first kappa shape index (κ1) is 22.1. The summed E-state index contributed by atoms with van der Waals surface area (Å²) in [5.41, 5.74) is 0. The van der Waals surface area contributed by atoms with E-state index in [9.17, 15) is 4.79 Å². The van der Waals surface area contributed by atoms with Crippen molar-refractivity contribution in [3.05, 3.63) is 12.4 Å². The molecular formula is C20H37N3OS. The van der Waals surface area contributed by atoms with Crippen LogP contribution in [0.4, 0.5) is 0 Å². The second-order valence-corrected chi connectivity index (χ2v) is 7.79. The van der Waals surface area contributed by atoms with Crippen LogP contribution in [0.1, 0.15) is 84.0 Å². The van der Waals surface area contributed by atoms with Crippen molar-refractivity contribution in [2.24, 2.45) is 7.05 Å². The lowest BCUT2D eigenvalue weighted by atomic mass is 10.1. The number of thioether (sulfide) groups is 1. The summed E-state index contributed by atoms with van der Waals surface area (Å²) in [6, 6.07) is 0. The van der Waals surface area contributed by atoms with E-state index in [4.69, 9.17) is 0 Å². The molecule has 0 saturated carbocycles. The molecule has 0 spiro atoms. The van der Waals surface area contributed by atoms with Crippen molar-refractivity contribution >= 4 is 17.7 Å². The molecule has 0 atom stereocenters. The van der Waals surface area contributed by atoms with Gasteiger partial charge in [-0.1, -0.05) is 89.3 Å². The van der Waals surface area contributed by atoms with Gasteiger partial charge in [0, 0.05) is 26.0 Å². The number of hydrogen-bond acceptors (Lipinski definition) is 3. The zero-order valence-corrected chi connectivity index (χ0v) is 17.1. The van der Waals surface area contributed by atoms with Crippen LogP contribution in [0.3, 0.4) is 0 Å². The minimum Gasteiger partial charge on any atom is -0.355 e. The highest BCUT2D eigenvalue weighted by Crippen LogP contribution is 2.14.